The van der Waals surface area contributed by atoms with Crippen LogP contribution in [-0.2, 0) is 31.0 Å². The number of nitrogens with one attached hydrogen (secondary N) is 1. The lowest BCUT2D eigenvalue weighted by Crippen LogP contribution is -2.28. The lowest BCUT2D eigenvalue weighted by molar-refractivity contribution is -0.156. The maximum Gasteiger partial charge on any atom is 0.335 e. The van der Waals surface area contributed by atoms with E-state index in [0.29, 0.717) is 55.4 Å². The molecule has 4 rings (SSSR count). The highest BCUT2D eigenvalue weighted by Crippen LogP contribution is 2.39. The van der Waals surface area contributed by atoms with Crippen molar-refractivity contribution in [2.24, 2.45) is 10.9 Å². The van der Waals surface area contributed by atoms with Crippen LogP contribution in [0.5, 0.6) is 5.75 Å². The van der Waals surface area contributed by atoms with E-state index in [-0.39, 0.29) is 23.6 Å². The Bertz CT molecular complexity index is 1440. The van der Waals surface area contributed by atoms with Crippen molar-refractivity contribution in [3.63, 3.8) is 0 Å². The molecule has 2 atom stereocenters. The van der Waals surface area contributed by atoms with Gasteiger partial charge in [0.05, 0.1) is 24.5 Å². The summed E-state index contributed by atoms with van der Waals surface area (Å²) in [5.41, 5.74) is 2.67. The van der Waals surface area contributed by atoms with Crippen molar-refractivity contribution >= 4 is 23.3 Å². The SMILES string of the molecule is CCOC(=O)C(Cc1ccc(OCCC2(c3ccc(F)cc3)C=C(C(=O)Nc3ccccc3)C(C(C)C)=N2)cc1)OCC. The van der Waals surface area contributed by atoms with Crippen molar-refractivity contribution in [3.8, 4) is 5.75 Å². The number of amides is 1. The highest BCUT2D eigenvalue weighted by Gasteiger charge is 2.39. The van der Waals surface area contributed by atoms with Gasteiger partial charge < -0.3 is 19.5 Å². The van der Waals surface area contributed by atoms with Crippen molar-refractivity contribution in [2.75, 3.05) is 25.1 Å². The zero-order valence-electron chi connectivity index (χ0n) is 25.1. The summed E-state index contributed by atoms with van der Waals surface area (Å²) < 4.78 is 30.7. The quantitative estimate of drug-likeness (QED) is 0.213. The lowest BCUT2D eigenvalue weighted by Gasteiger charge is -2.25. The van der Waals surface area contributed by atoms with Crippen LogP contribution in [0.15, 0.2) is 95.5 Å². The van der Waals surface area contributed by atoms with Crippen molar-refractivity contribution < 1.29 is 28.2 Å². The third kappa shape index (κ3) is 8.17. The van der Waals surface area contributed by atoms with Gasteiger partial charge in [0, 0.05) is 25.1 Å². The van der Waals surface area contributed by atoms with Gasteiger partial charge in [-0.15, -0.1) is 0 Å². The summed E-state index contributed by atoms with van der Waals surface area (Å²) in [5.74, 6) is -0.328. The number of hydrogen-bond donors (Lipinski definition) is 1. The van der Waals surface area contributed by atoms with Crippen LogP contribution in [0.4, 0.5) is 10.1 Å². The molecule has 43 heavy (non-hydrogen) atoms. The van der Waals surface area contributed by atoms with E-state index < -0.39 is 11.6 Å². The predicted molar refractivity (Wildman–Crippen MR) is 166 cm³/mol. The number of rotatable bonds is 14. The Hall–Kier alpha value is -4.30. The minimum Gasteiger partial charge on any atom is -0.493 e. The summed E-state index contributed by atoms with van der Waals surface area (Å²) in [4.78, 5) is 30.8. The summed E-state index contributed by atoms with van der Waals surface area (Å²) in [6.07, 6.45) is 2.03. The van der Waals surface area contributed by atoms with Gasteiger partial charge in [0.1, 0.15) is 17.1 Å². The summed E-state index contributed by atoms with van der Waals surface area (Å²) in [6, 6.07) is 23.0. The number of aliphatic imine (C=N–C) groups is 1. The molecule has 0 saturated carbocycles. The molecule has 0 bridgehead atoms. The Morgan fingerprint density at radius 1 is 0.930 bits per heavy atom. The van der Waals surface area contributed by atoms with Gasteiger partial charge in [0.15, 0.2) is 6.10 Å². The number of carbonyl (C=O) groups excluding carboxylic acids is 2. The second kappa shape index (κ2) is 14.7. The van der Waals surface area contributed by atoms with Crippen LogP contribution in [0, 0.1) is 11.7 Å². The second-order valence-corrected chi connectivity index (χ2v) is 10.6. The number of nitrogens with zero attached hydrogens (tertiary/aromatic N) is 1. The fraction of sp³-hybridized carbons (Fsp3) is 0.343. The molecule has 2 unspecified atom stereocenters. The predicted octanol–water partition coefficient (Wildman–Crippen LogP) is 6.68. The maximum atomic E-state index is 13.9. The zero-order valence-corrected chi connectivity index (χ0v) is 25.1. The van der Waals surface area contributed by atoms with Gasteiger partial charge in [-0.25, -0.2) is 9.18 Å². The molecule has 0 radical (unpaired) electrons. The number of ether oxygens (including phenoxy) is 3. The van der Waals surface area contributed by atoms with E-state index in [0.717, 1.165) is 11.1 Å². The van der Waals surface area contributed by atoms with E-state index in [9.17, 15) is 14.0 Å². The number of halogens is 1. The van der Waals surface area contributed by atoms with Crippen LogP contribution in [0.3, 0.4) is 0 Å². The molecule has 0 aliphatic carbocycles. The number of carbonyl (C=O) groups is 2. The highest BCUT2D eigenvalue weighted by molar-refractivity contribution is 6.27. The largest absolute Gasteiger partial charge is 0.493 e. The van der Waals surface area contributed by atoms with E-state index in [1.165, 1.54) is 12.1 Å². The molecule has 1 heterocycles. The summed E-state index contributed by atoms with van der Waals surface area (Å²) in [5, 5.41) is 2.97. The van der Waals surface area contributed by atoms with Gasteiger partial charge in [-0.3, -0.25) is 9.79 Å². The van der Waals surface area contributed by atoms with Crippen molar-refractivity contribution in [1.29, 1.82) is 0 Å². The van der Waals surface area contributed by atoms with Crippen molar-refractivity contribution in [3.05, 3.63) is 107 Å². The number of anilines is 1. The molecule has 1 aliphatic heterocycles. The Morgan fingerprint density at radius 2 is 1.63 bits per heavy atom. The molecule has 226 valence electrons. The molecule has 0 fully saturated rings. The summed E-state index contributed by atoms with van der Waals surface area (Å²) in [6.45, 7) is 8.61. The molecule has 1 aliphatic rings. The van der Waals surface area contributed by atoms with Crippen LogP contribution in [0.1, 0.15) is 45.2 Å². The van der Waals surface area contributed by atoms with E-state index in [1.54, 1.807) is 19.1 Å². The zero-order chi connectivity index (χ0) is 30.8. The highest BCUT2D eigenvalue weighted by atomic mass is 19.1. The Morgan fingerprint density at radius 3 is 2.26 bits per heavy atom. The molecule has 7 nitrogen and oxygen atoms in total. The minimum absolute atomic E-state index is 0.0151. The third-order valence-corrected chi connectivity index (χ3v) is 7.16. The summed E-state index contributed by atoms with van der Waals surface area (Å²) in [7, 11) is 0. The first kappa shape index (κ1) is 31.6. The molecule has 0 aromatic heterocycles. The standard InChI is InChI=1S/C35H39FN2O5/c1-5-41-31(34(40)42-6-2)22-25-12-18-29(19-13-25)43-21-20-35(26-14-16-27(36)17-15-26)23-30(32(38-35)24(3)4)33(39)37-28-10-8-7-9-11-28/h7-19,23-24,31H,5-6,20-22H2,1-4H3,(H,37,39). The third-order valence-electron chi connectivity index (χ3n) is 7.16. The Kier molecular flexibility index (Phi) is 10.8. The first-order chi connectivity index (χ1) is 20.7. The maximum absolute atomic E-state index is 13.9. The smallest absolute Gasteiger partial charge is 0.335 e. The number of esters is 1. The van der Waals surface area contributed by atoms with Gasteiger partial charge in [-0.05, 0) is 73.4 Å². The van der Waals surface area contributed by atoms with Crippen LogP contribution in [0.2, 0.25) is 0 Å². The molecule has 1 amide bonds. The van der Waals surface area contributed by atoms with Crippen LogP contribution >= 0.6 is 0 Å². The molecule has 8 heteroatoms. The fourth-order valence-corrected chi connectivity index (χ4v) is 5.03. The van der Waals surface area contributed by atoms with Gasteiger partial charge in [0.2, 0.25) is 0 Å². The fourth-order valence-electron chi connectivity index (χ4n) is 5.03. The molecular formula is C35H39FN2O5. The Labute approximate surface area is 252 Å². The number of para-hydroxylation sites is 1. The first-order valence-electron chi connectivity index (χ1n) is 14.7. The van der Waals surface area contributed by atoms with E-state index in [2.05, 4.69) is 5.32 Å². The van der Waals surface area contributed by atoms with Gasteiger partial charge in [-0.1, -0.05) is 56.3 Å². The number of hydrogen-bond acceptors (Lipinski definition) is 6. The molecule has 1 N–H and O–H groups in total. The van der Waals surface area contributed by atoms with Crippen LogP contribution in [-0.4, -0.2) is 43.5 Å². The van der Waals surface area contributed by atoms with Gasteiger partial charge in [0.25, 0.3) is 5.91 Å². The monoisotopic (exact) mass is 586 g/mol. The van der Waals surface area contributed by atoms with Crippen LogP contribution in [0.25, 0.3) is 0 Å². The Balaban J connectivity index is 1.52. The minimum atomic E-state index is -0.902. The average Bonchev–Trinajstić information content (AvgIpc) is 3.40. The van der Waals surface area contributed by atoms with Crippen molar-refractivity contribution in [1.82, 2.24) is 0 Å². The number of benzene rings is 3. The van der Waals surface area contributed by atoms with Gasteiger partial charge in [-0.2, -0.15) is 0 Å². The second-order valence-electron chi connectivity index (χ2n) is 10.6. The van der Waals surface area contributed by atoms with Crippen molar-refractivity contribution in [2.45, 2.75) is 52.2 Å². The van der Waals surface area contributed by atoms with E-state index >= 15 is 0 Å². The molecule has 3 aromatic rings. The van der Waals surface area contributed by atoms with Gasteiger partial charge >= 0.3 is 5.97 Å². The molecule has 0 saturated heterocycles. The lowest BCUT2D eigenvalue weighted by atomic mass is 9.87. The van der Waals surface area contributed by atoms with E-state index in [1.807, 2.05) is 81.4 Å². The molecule has 0 spiro atoms. The van der Waals surface area contributed by atoms with E-state index in [4.69, 9.17) is 19.2 Å². The first-order valence-corrected chi connectivity index (χ1v) is 14.7. The average molecular weight is 587 g/mol. The normalized spacial score (nSPS) is 16.8. The molecule has 3 aromatic carbocycles. The van der Waals surface area contributed by atoms with Crippen LogP contribution < -0.4 is 10.1 Å². The molecular weight excluding hydrogens is 547 g/mol. The topological polar surface area (TPSA) is 86.2 Å². The summed E-state index contributed by atoms with van der Waals surface area (Å²) >= 11 is 0.